The first-order chi connectivity index (χ1) is 9.51. The van der Waals surface area contributed by atoms with E-state index in [1.54, 1.807) is 6.20 Å². The van der Waals surface area contributed by atoms with Crippen LogP contribution in [0, 0.1) is 5.92 Å². The van der Waals surface area contributed by atoms with Gasteiger partial charge in [0.1, 0.15) is 0 Å². The first kappa shape index (κ1) is 16.5. The second kappa shape index (κ2) is 7.89. The van der Waals surface area contributed by atoms with Crippen LogP contribution in [0.4, 0.5) is 10.5 Å². The lowest BCUT2D eigenvalue weighted by Gasteiger charge is -2.15. The van der Waals surface area contributed by atoms with Gasteiger partial charge in [-0.15, -0.1) is 0 Å². The molecule has 0 radical (unpaired) electrons. The van der Waals surface area contributed by atoms with Crippen LogP contribution in [0.1, 0.15) is 39.8 Å². The van der Waals surface area contributed by atoms with Gasteiger partial charge in [-0.05, 0) is 18.8 Å². The second-order valence-corrected chi connectivity index (χ2v) is 5.32. The van der Waals surface area contributed by atoms with Crippen molar-refractivity contribution in [1.82, 2.24) is 15.1 Å². The molecule has 0 aliphatic rings. The van der Waals surface area contributed by atoms with Crippen LogP contribution >= 0.6 is 0 Å². The number of hydrogen-bond acceptors (Lipinski definition) is 3. The zero-order chi connectivity index (χ0) is 15.1. The van der Waals surface area contributed by atoms with Gasteiger partial charge < -0.3 is 15.7 Å². The summed E-state index contributed by atoms with van der Waals surface area (Å²) in [6.07, 6.45) is 3.18. The van der Waals surface area contributed by atoms with Gasteiger partial charge >= 0.3 is 6.03 Å². The molecule has 20 heavy (non-hydrogen) atoms. The monoisotopic (exact) mass is 282 g/mol. The molecule has 6 nitrogen and oxygen atoms in total. The number of aliphatic hydroxyl groups excluding tert-OH is 1. The third-order valence-electron chi connectivity index (χ3n) is 3.12. The summed E-state index contributed by atoms with van der Waals surface area (Å²) >= 11 is 0. The van der Waals surface area contributed by atoms with E-state index in [1.807, 2.05) is 18.5 Å². The van der Waals surface area contributed by atoms with Gasteiger partial charge in [0, 0.05) is 6.54 Å². The summed E-state index contributed by atoms with van der Waals surface area (Å²) in [7, 11) is 0. The number of carbonyl (C=O) groups excluding carboxylic acids is 1. The van der Waals surface area contributed by atoms with Gasteiger partial charge in [-0.3, -0.25) is 4.68 Å². The van der Waals surface area contributed by atoms with E-state index in [0.717, 1.165) is 24.3 Å². The topological polar surface area (TPSA) is 79.2 Å². The zero-order valence-electron chi connectivity index (χ0n) is 12.8. The summed E-state index contributed by atoms with van der Waals surface area (Å²) in [6.45, 7) is 9.00. The highest BCUT2D eigenvalue weighted by Gasteiger charge is 2.14. The number of aliphatic hydroxyl groups is 1. The number of aromatic nitrogens is 2. The number of nitrogens with zero attached hydrogens (tertiary/aromatic N) is 2. The SMILES string of the molecule is CCc1c(NC(=O)NC(CC)CO)cnn1CC(C)C. The van der Waals surface area contributed by atoms with E-state index >= 15 is 0 Å². The fourth-order valence-electron chi connectivity index (χ4n) is 2.01. The maximum Gasteiger partial charge on any atom is 0.319 e. The summed E-state index contributed by atoms with van der Waals surface area (Å²) in [5, 5.41) is 18.9. The lowest BCUT2D eigenvalue weighted by molar-refractivity contribution is 0.222. The molecule has 0 aromatic carbocycles. The predicted octanol–water partition coefficient (Wildman–Crippen LogP) is 1.99. The summed E-state index contributed by atoms with van der Waals surface area (Å²) < 4.78 is 1.93. The Labute approximate surface area is 120 Å². The third-order valence-corrected chi connectivity index (χ3v) is 3.12. The van der Waals surface area contributed by atoms with Crippen LogP contribution in [-0.2, 0) is 13.0 Å². The van der Waals surface area contributed by atoms with Crippen LogP contribution in [0.15, 0.2) is 6.20 Å². The van der Waals surface area contributed by atoms with Crippen LogP contribution in [0.25, 0.3) is 0 Å². The highest BCUT2D eigenvalue weighted by Crippen LogP contribution is 2.17. The lowest BCUT2D eigenvalue weighted by Crippen LogP contribution is -2.39. The van der Waals surface area contributed by atoms with Gasteiger partial charge in [-0.25, -0.2) is 4.79 Å². The van der Waals surface area contributed by atoms with Crippen molar-refractivity contribution in [2.75, 3.05) is 11.9 Å². The van der Waals surface area contributed by atoms with Crippen LogP contribution in [0.2, 0.25) is 0 Å². The summed E-state index contributed by atoms with van der Waals surface area (Å²) in [4.78, 5) is 11.9. The van der Waals surface area contributed by atoms with Crippen LogP contribution in [-0.4, -0.2) is 33.6 Å². The van der Waals surface area contributed by atoms with E-state index in [2.05, 4.69) is 29.6 Å². The molecule has 0 saturated carbocycles. The lowest BCUT2D eigenvalue weighted by atomic mass is 10.2. The van der Waals surface area contributed by atoms with Gasteiger partial charge in [-0.1, -0.05) is 27.7 Å². The molecule has 3 N–H and O–H groups in total. The standard InChI is InChI=1S/C14H26N4O2/c1-5-11(9-19)16-14(20)17-12-7-15-18(8-10(3)4)13(12)6-2/h7,10-11,19H,5-6,8-9H2,1-4H3,(H2,16,17,20). The maximum absolute atomic E-state index is 11.9. The Morgan fingerprint density at radius 3 is 2.65 bits per heavy atom. The highest BCUT2D eigenvalue weighted by atomic mass is 16.3. The van der Waals surface area contributed by atoms with Crippen LogP contribution < -0.4 is 10.6 Å². The van der Waals surface area contributed by atoms with Gasteiger partial charge in [0.15, 0.2) is 0 Å². The largest absolute Gasteiger partial charge is 0.394 e. The smallest absolute Gasteiger partial charge is 0.319 e. The molecule has 0 bridgehead atoms. The molecular weight excluding hydrogens is 256 g/mol. The molecule has 0 aliphatic carbocycles. The number of urea groups is 1. The Morgan fingerprint density at radius 1 is 1.45 bits per heavy atom. The van der Waals surface area contributed by atoms with Gasteiger partial charge in [-0.2, -0.15) is 5.10 Å². The Bertz CT molecular complexity index is 425. The number of anilines is 1. The van der Waals surface area contributed by atoms with Crippen LogP contribution in [0.3, 0.4) is 0 Å². The van der Waals surface area contributed by atoms with Crippen molar-refractivity contribution >= 4 is 11.7 Å². The summed E-state index contributed by atoms with van der Waals surface area (Å²) in [5.74, 6) is 0.501. The average molecular weight is 282 g/mol. The van der Waals surface area contributed by atoms with Gasteiger partial charge in [0.25, 0.3) is 0 Å². The van der Waals surface area contributed by atoms with Crippen molar-refractivity contribution in [3.63, 3.8) is 0 Å². The molecule has 0 saturated heterocycles. The minimum atomic E-state index is -0.301. The normalized spacial score (nSPS) is 12.5. The molecule has 1 aromatic rings. The van der Waals surface area contributed by atoms with Crippen molar-refractivity contribution < 1.29 is 9.90 Å². The first-order valence-electron chi connectivity index (χ1n) is 7.24. The maximum atomic E-state index is 11.9. The quantitative estimate of drug-likeness (QED) is 0.715. The molecule has 114 valence electrons. The minimum Gasteiger partial charge on any atom is -0.394 e. The number of rotatable bonds is 7. The van der Waals surface area contributed by atoms with E-state index in [0.29, 0.717) is 12.3 Å². The molecule has 0 fully saturated rings. The Morgan fingerprint density at radius 2 is 2.15 bits per heavy atom. The molecule has 2 amide bonds. The molecule has 1 heterocycles. The van der Waals surface area contributed by atoms with Gasteiger partial charge in [0.2, 0.25) is 0 Å². The molecule has 1 atom stereocenters. The highest BCUT2D eigenvalue weighted by molar-refractivity contribution is 5.89. The van der Waals surface area contributed by atoms with Crippen LogP contribution in [0.5, 0.6) is 0 Å². The molecule has 0 aliphatic heterocycles. The Balaban J connectivity index is 2.72. The van der Waals surface area contributed by atoms with Crippen molar-refractivity contribution in [1.29, 1.82) is 0 Å². The Hall–Kier alpha value is -1.56. The zero-order valence-corrected chi connectivity index (χ0v) is 12.8. The number of hydrogen-bond donors (Lipinski definition) is 3. The van der Waals surface area contributed by atoms with Crippen molar-refractivity contribution in [2.45, 2.75) is 53.1 Å². The number of carbonyl (C=O) groups is 1. The predicted molar refractivity (Wildman–Crippen MR) is 79.8 cm³/mol. The van der Waals surface area contributed by atoms with E-state index < -0.39 is 0 Å². The fraction of sp³-hybridized carbons (Fsp3) is 0.714. The molecule has 1 rings (SSSR count). The second-order valence-electron chi connectivity index (χ2n) is 5.32. The summed E-state index contributed by atoms with van der Waals surface area (Å²) in [6, 6.07) is -0.518. The number of amides is 2. The average Bonchev–Trinajstić information content (AvgIpc) is 2.76. The van der Waals surface area contributed by atoms with E-state index in [1.165, 1.54) is 0 Å². The fourth-order valence-corrected chi connectivity index (χ4v) is 2.01. The molecule has 0 spiro atoms. The van der Waals surface area contributed by atoms with Crippen molar-refractivity contribution in [3.8, 4) is 0 Å². The van der Waals surface area contributed by atoms with Crippen molar-refractivity contribution in [3.05, 3.63) is 11.9 Å². The van der Waals surface area contributed by atoms with E-state index in [4.69, 9.17) is 5.11 Å². The molecule has 1 unspecified atom stereocenters. The van der Waals surface area contributed by atoms with E-state index in [9.17, 15) is 4.79 Å². The Kier molecular flexibility index (Phi) is 6.51. The molecule has 1 aromatic heterocycles. The van der Waals surface area contributed by atoms with E-state index in [-0.39, 0.29) is 18.7 Å². The molecular formula is C14H26N4O2. The first-order valence-corrected chi connectivity index (χ1v) is 7.24. The molecule has 6 heteroatoms. The summed E-state index contributed by atoms with van der Waals surface area (Å²) in [5.41, 5.74) is 1.75. The number of nitrogens with one attached hydrogen (secondary N) is 2. The van der Waals surface area contributed by atoms with Gasteiger partial charge in [0.05, 0.1) is 30.2 Å². The van der Waals surface area contributed by atoms with Crippen molar-refractivity contribution in [2.24, 2.45) is 5.92 Å². The third kappa shape index (κ3) is 4.52. The minimum absolute atomic E-state index is 0.0584.